The lowest BCUT2D eigenvalue weighted by molar-refractivity contribution is -0.122. The van der Waals surface area contributed by atoms with Crippen molar-refractivity contribution in [2.45, 2.75) is 51.4 Å². The summed E-state index contributed by atoms with van der Waals surface area (Å²) in [4.78, 5) is 11.9. The van der Waals surface area contributed by atoms with Gasteiger partial charge in [-0.3, -0.25) is 4.79 Å². The van der Waals surface area contributed by atoms with Crippen molar-refractivity contribution in [3.05, 3.63) is 0 Å². The molecule has 0 aromatic rings. The second-order valence-corrected chi connectivity index (χ2v) is 5.23. The quantitative estimate of drug-likeness (QED) is 0.705. The van der Waals surface area contributed by atoms with Crippen LogP contribution in [0.3, 0.4) is 0 Å². The van der Waals surface area contributed by atoms with Crippen LogP contribution in [0, 0.1) is 11.8 Å². The Morgan fingerprint density at radius 2 is 1.67 bits per heavy atom. The minimum absolute atomic E-state index is 0.374. The summed E-state index contributed by atoms with van der Waals surface area (Å²) in [5.74, 6) is 1.73. The third-order valence-corrected chi connectivity index (χ3v) is 3.74. The predicted molar refractivity (Wildman–Crippen MR) is 61.8 cm³/mol. The average molecular weight is 209 g/mol. The monoisotopic (exact) mass is 209 g/mol. The Labute approximate surface area is 92.8 Å². The topological polar surface area (TPSA) is 29.1 Å². The SMILES string of the molecule is O=C(CNCC1CC1)C1CCCCCC1. The van der Waals surface area contributed by atoms with E-state index in [2.05, 4.69) is 5.32 Å². The molecule has 15 heavy (non-hydrogen) atoms. The van der Waals surface area contributed by atoms with Crippen molar-refractivity contribution in [1.82, 2.24) is 5.32 Å². The Hall–Kier alpha value is -0.370. The van der Waals surface area contributed by atoms with Crippen molar-refractivity contribution < 1.29 is 4.79 Å². The van der Waals surface area contributed by atoms with Crippen molar-refractivity contribution in [3.63, 3.8) is 0 Å². The summed E-state index contributed by atoms with van der Waals surface area (Å²) < 4.78 is 0. The second-order valence-electron chi connectivity index (χ2n) is 5.23. The zero-order valence-corrected chi connectivity index (χ0v) is 9.63. The van der Waals surface area contributed by atoms with E-state index in [1.165, 1.54) is 38.5 Å². The highest BCUT2D eigenvalue weighted by Gasteiger charge is 2.22. The Bertz CT molecular complexity index is 203. The van der Waals surface area contributed by atoms with Gasteiger partial charge in [-0.1, -0.05) is 25.7 Å². The van der Waals surface area contributed by atoms with Crippen molar-refractivity contribution in [3.8, 4) is 0 Å². The van der Waals surface area contributed by atoms with Crippen molar-refractivity contribution in [2.75, 3.05) is 13.1 Å². The lowest BCUT2D eigenvalue weighted by Gasteiger charge is -2.12. The first-order valence-electron chi connectivity index (χ1n) is 6.59. The Kier molecular flexibility index (Phi) is 4.18. The third-order valence-electron chi connectivity index (χ3n) is 3.74. The van der Waals surface area contributed by atoms with Crippen LogP contribution in [0.4, 0.5) is 0 Å². The van der Waals surface area contributed by atoms with Crippen LogP contribution in [0.1, 0.15) is 51.4 Å². The molecule has 0 atom stereocenters. The first-order valence-corrected chi connectivity index (χ1v) is 6.59. The van der Waals surface area contributed by atoms with Gasteiger partial charge in [0.25, 0.3) is 0 Å². The summed E-state index contributed by atoms with van der Waals surface area (Å²) in [6.07, 6.45) is 10.2. The van der Waals surface area contributed by atoms with Crippen LogP contribution < -0.4 is 5.32 Å². The van der Waals surface area contributed by atoms with Gasteiger partial charge in [0.15, 0.2) is 0 Å². The second kappa shape index (κ2) is 5.64. The Balaban J connectivity index is 1.63. The number of nitrogens with one attached hydrogen (secondary N) is 1. The van der Waals surface area contributed by atoms with Gasteiger partial charge >= 0.3 is 0 Å². The van der Waals surface area contributed by atoms with E-state index < -0.39 is 0 Å². The maximum Gasteiger partial charge on any atom is 0.149 e. The van der Waals surface area contributed by atoms with E-state index in [1.807, 2.05) is 0 Å². The molecule has 0 aromatic carbocycles. The highest BCUT2D eigenvalue weighted by molar-refractivity contribution is 5.82. The van der Waals surface area contributed by atoms with Crippen LogP contribution in [-0.2, 0) is 4.79 Å². The van der Waals surface area contributed by atoms with Crippen LogP contribution in [0.15, 0.2) is 0 Å². The fraction of sp³-hybridized carbons (Fsp3) is 0.923. The molecule has 2 fully saturated rings. The van der Waals surface area contributed by atoms with Crippen molar-refractivity contribution >= 4 is 5.78 Å². The van der Waals surface area contributed by atoms with Gasteiger partial charge in [0.05, 0.1) is 6.54 Å². The minimum atomic E-state index is 0.374. The van der Waals surface area contributed by atoms with Crippen LogP contribution in [0.5, 0.6) is 0 Å². The largest absolute Gasteiger partial charge is 0.310 e. The molecule has 0 radical (unpaired) electrons. The summed E-state index contributed by atoms with van der Waals surface area (Å²) in [5.41, 5.74) is 0. The fourth-order valence-electron chi connectivity index (χ4n) is 2.47. The van der Waals surface area contributed by atoms with Gasteiger partial charge in [-0.05, 0) is 38.1 Å². The summed E-state index contributed by atoms with van der Waals surface area (Å²) in [5, 5.41) is 3.32. The summed E-state index contributed by atoms with van der Waals surface area (Å²) >= 11 is 0. The smallest absolute Gasteiger partial charge is 0.149 e. The average Bonchev–Trinajstić information content (AvgIpc) is 3.04. The fourth-order valence-corrected chi connectivity index (χ4v) is 2.47. The molecule has 0 aromatic heterocycles. The molecule has 0 saturated heterocycles. The van der Waals surface area contributed by atoms with E-state index >= 15 is 0 Å². The van der Waals surface area contributed by atoms with Gasteiger partial charge in [0.1, 0.15) is 5.78 Å². The molecule has 1 N–H and O–H groups in total. The molecule has 2 rings (SSSR count). The highest BCUT2D eigenvalue weighted by atomic mass is 16.1. The van der Waals surface area contributed by atoms with Gasteiger partial charge in [-0.2, -0.15) is 0 Å². The summed E-state index contributed by atoms with van der Waals surface area (Å²) in [6.45, 7) is 1.69. The number of rotatable bonds is 5. The molecule has 2 aliphatic carbocycles. The molecule has 2 saturated carbocycles. The molecule has 0 amide bonds. The number of ketones is 1. The van der Waals surface area contributed by atoms with Crippen LogP contribution in [-0.4, -0.2) is 18.9 Å². The molecule has 0 aliphatic heterocycles. The zero-order valence-electron chi connectivity index (χ0n) is 9.63. The van der Waals surface area contributed by atoms with Crippen molar-refractivity contribution in [2.24, 2.45) is 11.8 Å². The van der Waals surface area contributed by atoms with E-state index in [4.69, 9.17) is 0 Å². The normalized spacial score (nSPS) is 23.7. The number of carbonyl (C=O) groups is 1. The van der Waals surface area contributed by atoms with E-state index in [0.717, 1.165) is 25.3 Å². The molecule has 0 spiro atoms. The molecule has 0 unspecified atom stereocenters. The maximum atomic E-state index is 11.9. The highest BCUT2D eigenvalue weighted by Crippen LogP contribution is 2.27. The number of hydrogen-bond acceptors (Lipinski definition) is 2. The number of Topliss-reactive ketones (excluding diaryl/α,β-unsaturated/α-hetero) is 1. The van der Waals surface area contributed by atoms with E-state index in [9.17, 15) is 4.79 Å². The third kappa shape index (κ3) is 3.94. The van der Waals surface area contributed by atoms with Crippen LogP contribution in [0.25, 0.3) is 0 Å². The summed E-state index contributed by atoms with van der Waals surface area (Å²) in [6, 6.07) is 0. The lowest BCUT2D eigenvalue weighted by Crippen LogP contribution is -2.29. The maximum absolute atomic E-state index is 11.9. The standard InChI is InChI=1S/C13H23NO/c15-13(10-14-9-11-7-8-11)12-5-3-1-2-4-6-12/h11-12,14H,1-10H2. The molecule has 2 heteroatoms. The molecule has 0 bridgehead atoms. The van der Waals surface area contributed by atoms with Gasteiger partial charge < -0.3 is 5.32 Å². The van der Waals surface area contributed by atoms with Gasteiger partial charge in [-0.15, -0.1) is 0 Å². The predicted octanol–water partition coefficient (Wildman–Crippen LogP) is 2.53. The minimum Gasteiger partial charge on any atom is -0.310 e. The first-order chi connectivity index (χ1) is 7.36. The number of carbonyl (C=O) groups excluding carboxylic acids is 1. The molecule has 0 heterocycles. The van der Waals surface area contributed by atoms with E-state index in [1.54, 1.807) is 0 Å². The molecular formula is C13H23NO. The lowest BCUT2D eigenvalue weighted by atomic mass is 9.95. The number of hydrogen-bond donors (Lipinski definition) is 1. The molecular weight excluding hydrogens is 186 g/mol. The van der Waals surface area contributed by atoms with Gasteiger partial charge in [-0.25, -0.2) is 0 Å². The van der Waals surface area contributed by atoms with Gasteiger partial charge in [0, 0.05) is 5.92 Å². The van der Waals surface area contributed by atoms with Crippen molar-refractivity contribution in [1.29, 1.82) is 0 Å². The van der Waals surface area contributed by atoms with E-state index in [0.29, 0.717) is 18.2 Å². The zero-order chi connectivity index (χ0) is 10.5. The molecule has 2 aliphatic rings. The molecule has 86 valence electrons. The van der Waals surface area contributed by atoms with Crippen LogP contribution >= 0.6 is 0 Å². The Morgan fingerprint density at radius 3 is 2.27 bits per heavy atom. The van der Waals surface area contributed by atoms with Crippen LogP contribution in [0.2, 0.25) is 0 Å². The van der Waals surface area contributed by atoms with E-state index in [-0.39, 0.29) is 0 Å². The summed E-state index contributed by atoms with van der Waals surface area (Å²) in [7, 11) is 0. The first kappa shape index (κ1) is 11.1. The molecule has 2 nitrogen and oxygen atoms in total. The van der Waals surface area contributed by atoms with Gasteiger partial charge in [0.2, 0.25) is 0 Å². The Morgan fingerprint density at radius 1 is 1.00 bits per heavy atom.